The van der Waals surface area contributed by atoms with Crippen LogP contribution in [0.1, 0.15) is 5.89 Å². The third-order valence-corrected chi connectivity index (χ3v) is 2.53. The van der Waals surface area contributed by atoms with Crippen molar-refractivity contribution in [3.8, 4) is 11.4 Å². The molecule has 0 fully saturated rings. The molecule has 6 nitrogen and oxygen atoms in total. The van der Waals surface area contributed by atoms with Crippen LogP contribution in [0, 0.1) is 5.82 Å². The van der Waals surface area contributed by atoms with Gasteiger partial charge in [-0.1, -0.05) is 17.3 Å². The molecular formula is C12H10FN5O. The minimum Gasteiger partial charge on any atom is -0.396 e. The number of nitrogen functional groups attached to an aromatic ring is 1. The Hall–Kier alpha value is -2.70. The molecule has 0 aliphatic heterocycles. The summed E-state index contributed by atoms with van der Waals surface area (Å²) in [5, 5.41) is 7.75. The molecule has 96 valence electrons. The maximum absolute atomic E-state index is 13.6. The molecule has 2 aromatic heterocycles. The van der Waals surface area contributed by atoms with E-state index in [1.807, 2.05) is 0 Å². The summed E-state index contributed by atoms with van der Waals surface area (Å²) in [5.74, 6) is 0.160. The maximum atomic E-state index is 13.6. The summed E-state index contributed by atoms with van der Waals surface area (Å²) in [6, 6.07) is 6.25. The van der Waals surface area contributed by atoms with Crippen molar-refractivity contribution in [3.63, 3.8) is 0 Å². The molecule has 0 saturated carbocycles. The Balaban J connectivity index is 1.86. The number of rotatable bonds is 3. The van der Waals surface area contributed by atoms with Gasteiger partial charge >= 0.3 is 0 Å². The number of anilines is 1. The molecule has 7 heteroatoms. The van der Waals surface area contributed by atoms with Crippen molar-refractivity contribution in [1.82, 2.24) is 19.9 Å². The van der Waals surface area contributed by atoms with Crippen molar-refractivity contribution in [2.75, 3.05) is 5.73 Å². The summed E-state index contributed by atoms with van der Waals surface area (Å²) in [6.07, 6.45) is 3.17. The van der Waals surface area contributed by atoms with E-state index in [-0.39, 0.29) is 5.82 Å². The second-order valence-electron chi connectivity index (χ2n) is 3.96. The molecule has 0 bridgehead atoms. The van der Waals surface area contributed by atoms with Gasteiger partial charge in [0.25, 0.3) is 0 Å². The SMILES string of the molecule is Nc1cnn(Cc2nc(-c3ccccc3F)no2)c1. The number of nitrogens with zero attached hydrogens (tertiary/aromatic N) is 4. The highest BCUT2D eigenvalue weighted by atomic mass is 19.1. The Morgan fingerprint density at radius 3 is 2.89 bits per heavy atom. The number of aromatic nitrogens is 4. The molecular weight excluding hydrogens is 249 g/mol. The van der Waals surface area contributed by atoms with Gasteiger partial charge in [0.2, 0.25) is 11.7 Å². The summed E-state index contributed by atoms with van der Waals surface area (Å²) in [4.78, 5) is 4.13. The monoisotopic (exact) mass is 259 g/mol. The fourth-order valence-electron chi connectivity index (χ4n) is 1.68. The number of hydrogen-bond acceptors (Lipinski definition) is 5. The minimum absolute atomic E-state index is 0.216. The molecule has 0 atom stereocenters. The minimum atomic E-state index is -0.391. The lowest BCUT2D eigenvalue weighted by atomic mass is 10.2. The number of nitrogens with two attached hydrogens (primary N) is 1. The van der Waals surface area contributed by atoms with Gasteiger partial charge in [-0.15, -0.1) is 0 Å². The first-order chi connectivity index (χ1) is 9.22. The Kier molecular flexibility index (Phi) is 2.71. The van der Waals surface area contributed by atoms with Gasteiger partial charge in [-0.2, -0.15) is 10.1 Å². The van der Waals surface area contributed by atoms with Gasteiger partial charge in [0.15, 0.2) is 0 Å². The lowest BCUT2D eigenvalue weighted by Gasteiger charge is -1.95. The van der Waals surface area contributed by atoms with Crippen LogP contribution in [-0.2, 0) is 6.54 Å². The Labute approximate surface area is 107 Å². The van der Waals surface area contributed by atoms with E-state index in [1.54, 1.807) is 29.1 Å². The van der Waals surface area contributed by atoms with E-state index < -0.39 is 5.82 Å². The first-order valence-corrected chi connectivity index (χ1v) is 5.58. The lowest BCUT2D eigenvalue weighted by Crippen LogP contribution is -2.00. The zero-order valence-electron chi connectivity index (χ0n) is 9.82. The molecule has 0 aliphatic rings. The second-order valence-corrected chi connectivity index (χ2v) is 3.96. The molecule has 2 heterocycles. The molecule has 2 N–H and O–H groups in total. The van der Waals surface area contributed by atoms with Crippen LogP contribution in [0.4, 0.5) is 10.1 Å². The highest BCUT2D eigenvalue weighted by Gasteiger charge is 2.12. The molecule has 0 unspecified atom stereocenters. The van der Waals surface area contributed by atoms with E-state index in [0.29, 0.717) is 23.7 Å². The Morgan fingerprint density at radius 2 is 2.16 bits per heavy atom. The predicted molar refractivity (Wildman–Crippen MR) is 65.4 cm³/mol. The Morgan fingerprint density at radius 1 is 1.32 bits per heavy atom. The average Bonchev–Trinajstić information content (AvgIpc) is 3.00. The van der Waals surface area contributed by atoms with E-state index in [2.05, 4.69) is 15.2 Å². The fourth-order valence-corrected chi connectivity index (χ4v) is 1.68. The molecule has 3 rings (SSSR count). The van der Waals surface area contributed by atoms with Crippen molar-refractivity contribution in [2.45, 2.75) is 6.54 Å². The largest absolute Gasteiger partial charge is 0.396 e. The van der Waals surface area contributed by atoms with Gasteiger partial charge in [0.1, 0.15) is 12.4 Å². The first kappa shape index (κ1) is 11.4. The zero-order valence-corrected chi connectivity index (χ0v) is 9.82. The number of halogens is 1. The van der Waals surface area contributed by atoms with Gasteiger partial charge in [-0.25, -0.2) is 4.39 Å². The van der Waals surface area contributed by atoms with Crippen LogP contribution in [0.3, 0.4) is 0 Å². The van der Waals surface area contributed by atoms with Gasteiger partial charge in [-0.3, -0.25) is 4.68 Å². The topological polar surface area (TPSA) is 82.8 Å². The number of hydrogen-bond donors (Lipinski definition) is 1. The molecule has 0 spiro atoms. The molecule has 0 radical (unpaired) electrons. The summed E-state index contributed by atoms with van der Waals surface area (Å²) in [6.45, 7) is 0.290. The van der Waals surface area contributed by atoms with Gasteiger partial charge in [0, 0.05) is 6.20 Å². The van der Waals surface area contributed by atoms with Gasteiger partial charge < -0.3 is 10.3 Å². The van der Waals surface area contributed by atoms with Crippen LogP contribution < -0.4 is 5.73 Å². The van der Waals surface area contributed by atoms with Crippen LogP contribution in [0.25, 0.3) is 11.4 Å². The predicted octanol–water partition coefficient (Wildman–Crippen LogP) is 1.70. The average molecular weight is 259 g/mol. The van der Waals surface area contributed by atoms with Crippen molar-refractivity contribution in [2.24, 2.45) is 0 Å². The smallest absolute Gasteiger partial charge is 0.248 e. The lowest BCUT2D eigenvalue weighted by molar-refractivity contribution is 0.366. The van der Waals surface area contributed by atoms with E-state index >= 15 is 0 Å². The summed E-state index contributed by atoms with van der Waals surface area (Å²) in [7, 11) is 0. The van der Waals surface area contributed by atoms with Crippen LogP contribution >= 0.6 is 0 Å². The van der Waals surface area contributed by atoms with E-state index in [1.165, 1.54) is 12.3 Å². The third kappa shape index (κ3) is 2.30. The van der Waals surface area contributed by atoms with Crippen molar-refractivity contribution in [3.05, 3.63) is 48.4 Å². The Bertz CT molecular complexity index is 705. The first-order valence-electron chi connectivity index (χ1n) is 5.58. The molecule has 19 heavy (non-hydrogen) atoms. The highest BCUT2D eigenvalue weighted by Crippen LogP contribution is 2.19. The quantitative estimate of drug-likeness (QED) is 0.774. The number of benzene rings is 1. The summed E-state index contributed by atoms with van der Waals surface area (Å²) < 4.78 is 20.2. The molecule has 1 aromatic carbocycles. The fraction of sp³-hybridized carbons (Fsp3) is 0.0833. The highest BCUT2D eigenvalue weighted by molar-refractivity contribution is 5.54. The van der Waals surface area contributed by atoms with Gasteiger partial charge in [0.05, 0.1) is 17.4 Å². The van der Waals surface area contributed by atoms with Crippen molar-refractivity contribution >= 4 is 5.69 Å². The summed E-state index contributed by atoms with van der Waals surface area (Å²) >= 11 is 0. The second kappa shape index (κ2) is 4.52. The normalized spacial score (nSPS) is 10.8. The third-order valence-electron chi connectivity index (χ3n) is 2.53. The molecule has 0 saturated heterocycles. The van der Waals surface area contributed by atoms with E-state index in [0.717, 1.165) is 0 Å². The maximum Gasteiger partial charge on any atom is 0.248 e. The molecule has 0 aliphatic carbocycles. The van der Waals surface area contributed by atoms with Crippen LogP contribution in [0.15, 0.2) is 41.2 Å². The van der Waals surface area contributed by atoms with Crippen molar-refractivity contribution < 1.29 is 8.91 Å². The van der Waals surface area contributed by atoms with Crippen LogP contribution in [0.2, 0.25) is 0 Å². The summed E-state index contributed by atoms with van der Waals surface area (Å²) in [5.41, 5.74) is 6.40. The van der Waals surface area contributed by atoms with Crippen LogP contribution in [0.5, 0.6) is 0 Å². The zero-order chi connectivity index (χ0) is 13.2. The van der Waals surface area contributed by atoms with Crippen LogP contribution in [-0.4, -0.2) is 19.9 Å². The van der Waals surface area contributed by atoms with Crippen molar-refractivity contribution in [1.29, 1.82) is 0 Å². The molecule has 3 aromatic rings. The molecule has 0 amide bonds. The van der Waals surface area contributed by atoms with Gasteiger partial charge in [-0.05, 0) is 12.1 Å². The van der Waals surface area contributed by atoms with E-state index in [9.17, 15) is 4.39 Å². The standard InChI is InChI=1S/C12H10FN5O/c13-10-4-2-1-3-9(10)12-16-11(19-17-12)7-18-6-8(14)5-15-18/h1-6H,7,14H2. The van der Waals surface area contributed by atoms with E-state index in [4.69, 9.17) is 10.3 Å².